The Morgan fingerprint density at radius 3 is 3.00 bits per heavy atom. The number of hydrogen-bond acceptors (Lipinski definition) is 2. The number of alkyl halides is 1. The van der Waals surface area contributed by atoms with Crippen molar-refractivity contribution in [2.75, 3.05) is 19.5 Å². The third-order valence-corrected chi connectivity index (χ3v) is 2.60. The van der Waals surface area contributed by atoms with Crippen LogP contribution in [0.2, 0.25) is 0 Å². The Labute approximate surface area is 78.2 Å². The molecule has 2 nitrogen and oxygen atoms in total. The van der Waals surface area contributed by atoms with Gasteiger partial charge in [-0.05, 0) is 20.4 Å². The third kappa shape index (κ3) is 2.08. The van der Waals surface area contributed by atoms with Gasteiger partial charge in [0.2, 0.25) is 0 Å². The molecule has 0 aromatic rings. The Bertz CT molecular complexity index is 213. The van der Waals surface area contributed by atoms with Crippen molar-refractivity contribution in [3.63, 3.8) is 0 Å². The average Bonchev–Trinajstić information content (AvgIpc) is 2.08. The fourth-order valence-electron chi connectivity index (χ4n) is 1.27. The van der Waals surface area contributed by atoms with Crippen LogP contribution in [0.5, 0.6) is 0 Å². The van der Waals surface area contributed by atoms with Crippen molar-refractivity contribution in [2.45, 2.75) is 19.4 Å². The van der Waals surface area contributed by atoms with E-state index >= 15 is 0 Å². The van der Waals surface area contributed by atoms with Gasteiger partial charge in [-0.15, -0.1) is 11.6 Å². The molecule has 0 aliphatic carbocycles. The average molecular weight is 188 g/mol. The molecule has 1 heterocycles. The second-order valence-electron chi connectivity index (χ2n) is 3.29. The number of hydrogen-bond donors (Lipinski definition) is 0. The van der Waals surface area contributed by atoms with Crippen LogP contribution in [0, 0.1) is 0 Å². The normalized spacial score (nSPS) is 25.2. The highest BCUT2D eigenvalue weighted by molar-refractivity contribution is 6.30. The van der Waals surface area contributed by atoms with Gasteiger partial charge in [-0.3, -0.25) is 9.69 Å². The minimum Gasteiger partial charge on any atom is -0.299 e. The Balaban J connectivity index is 2.64. The van der Waals surface area contributed by atoms with E-state index in [2.05, 4.69) is 11.8 Å². The SMILES string of the molecule is CC1CC=C(C(=O)CCl)CN1C. The van der Waals surface area contributed by atoms with E-state index in [1.165, 1.54) is 0 Å². The van der Waals surface area contributed by atoms with Gasteiger partial charge in [-0.25, -0.2) is 0 Å². The quantitative estimate of drug-likeness (QED) is 0.610. The minimum atomic E-state index is 0.0652. The number of halogens is 1. The molecular weight excluding hydrogens is 174 g/mol. The maximum Gasteiger partial charge on any atom is 0.174 e. The summed E-state index contributed by atoms with van der Waals surface area (Å²) in [6.07, 6.45) is 2.96. The summed E-state index contributed by atoms with van der Waals surface area (Å²) in [6.45, 7) is 2.89. The van der Waals surface area contributed by atoms with Gasteiger partial charge in [0.05, 0.1) is 5.88 Å². The second kappa shape index (κ2) is 4.06. The second-order valence-corrected chi connectivity index (χ2v) is 3.55. The molecule has 1 aliphatic rings. The summed E-state index contributed by atoms with van der Waals surface area (Å²) >= 11 is 5.46. The molecule has 0 saturated carbocycles. The number of carbonyl (C=O) groups excluding carboxylic acids is 1. The van der Waals surface area contributed by atoms with Gasteiger partial charge in [0.25, 0.3) is 0 Å². The van der Waals surface area contributed by atoms with E-state index in [9.17, 15) is 4.79 Å². The van der Waals surface area contributed by atoms with Crippen LogP contribution in [0.25, 0.3) is 0 Å². The van der Waals surface area contributed by atoms with Gasteiger partial charge < -0.3 is 0 Å². The molecule has 1 rings (SSSR count). The first-order valence-corrected chi connectivity index (χ1v) is 4.67. The standard InChI is InChI=1S/C9H14ClNO/c1-7-3-4-8(6-11(7)2)9(12)5-10/h4,7H,3,5-6H2,1-2H3. The van der Waals surface area contributed by atoms with Crippen LogP contribution in [0.4, 0.5) is 0 Å². The van der Waals surface area contributed by atoms with Crippen LogP contribution in [0.15, 0.2) is 11.6 Å². The van der Waals surface area contributed by atoms with E-state index in [0.29, 0.717) is 6.04 Å². The topological polar surface area (TPSA) is 20.3 Å². The van der Waals surface area contributed by atoms with Gasteiger partial charge in [-0.1, -0.05) is 6.08 Å². The predicted molar refractivity (Wildman–Crippen MR) is 50.5 cm³/mol. The maximum atomic E-state index is 11.2. The predicted octanol–water partition coefficient (Wildman–Crippen LogP) is 1.44. The van der Waals surface area contributed by atoms with Crippen molar-refractivity contribution >= 4 is 17.4 Å². The molecule has 1 atom stereocenters. The van der Waals surface area contributed by atoms with E-state index in [-0.39, 0.29) is 11.7 Å². The van der Waals surface area contributed by atoms with Crippen LogP contribution in [-0.2, 0) is 4.79 Å². The lowest BCUT2D eigenvalue weighted by molar-refractivity contribution is -0.113. The van der Waals surface area contributed by atoms with E-state index in [1.54, 1.807) is 0 Å². The van der Waals surface area contributed by atoms with Crippen LogP contribution >= 0.6 is 11.6 Å². The number of likely N-dealkylation sites (N-methyl/N-ethyl adjacent to an activating group) is 1. The molecule has 0 aromatic carbocycles. The molecule has 0 aromatic heterocycles. The number of nitrogens with zero attached hydrogens (tertiary/aromatic N) is 1. The lowest BCUT2D eigenvalue weighted by Crippen LogP contribution is -2.35. The smallest absolute Gasteiger partial charge is 0.174 e. The third-order valence-electron chi connectivity index (χ3n) is 2.36. The molecule has 0 saturated heterocycles. The van der Waals surface area contributed by atoms with Crippen molar-refractivity contribution in [1.29, 1.82) is 0 Å². The van der Waals surface area contributed by atoms with Crippen molar-refractivity contribution in [3.05, 3.63) is 11.6 Å². The molecule has 12 heavy (non-hydrogen) atoms. The Morgan fingerprint density at radius 2 is 2.50 bits per heavy atom. The summed E-state index contributed by atoms with van der Waals surface area (Å²) in [7, 11) is 2.03. The van der Waals surface area contributed by atoms with Gasteiger partial charge in [0, 0.05) is 18.2 Å². The highest BCUT2D eigenvalue weighted by atomic mass is 35.5. The number of carbonyl (C=O) groups is 1. The fraction of sp³-hybridized carbons (Fsp3) is 0.667. The molecular formula is C9H14ClNO. The highest BCUT2D eigenvalue weighted by Crippen LogP contribution is 2.14. The van der Waals surface area contributed by atoms with Crippen molar-refractivity contribution in [1.82, 2.24) is 4.90 Å². The fourth-order valence-corrected chi connectivity index (χ4v) is 1.44. The molecule has 1 aliphatic heterocycles. The minimum absolute atomic E-state index is 0.0652. The zero-order chi connectivity index (χ0) is 9.14. The van der Waals surface area contributed by atoms with Gasteiger partial charge in [-0.2, -0.15) is 0 Å². The van der Waals surface area contributed by atoms with E-state index in [0.717, 1.165) is 18.5 Å². The summed E-state index contributed by atoms with van der Waals surface area (Å²) in [4.78, 5) is 13.4. The largest absolute Gasteiger partial charge is 0.299 e. The summed E-state index contributed by atoms with van der Waals surface area (Å²) in [6, 6.07) is 0.539. The number of rotatable bonds is 2. The molecule has 0 fully saturated rings. The van der Waals surface area contributed by atoms with Crippen LogP contribution < -0.4 is 0 Å². The van der Waals surface area contributed by atoms with Crippen molar-refractivity contribution < 1.29 is 4.79 Å². The zero-order valence-electron chi connectivity index (χ0n) is 7.51. The van der Waals surface area contributed by atoms with Crippen LogP contribution in [-0.4, -0.2) is 36.2 Å². The summed E-state index contributed by atoms with van der Waals surface area (Å²) in [5.74, 6) is 0.170. The Kier molecular flexibility index (Phi) is 3.29. The Morgan fingerprint density at radius 1 is 1.83 bits per heavy atom. The lowest BCUT2D eigenvalue weighted by atomic mass is 10.0. The van der Waals surface area contributed by atoms with E-state index in [4.69, 9.17) is 11.6 Å². The molecule has 0 bridgehead atoms. The monoisotopic (exact) mass is 187 g/mol. The summed E-state index contributed by atoms with van der Waals surface area (Å²) in [5, 5.41) is 0. The van der Waals surface area contributed by atoms with E-state index < -0.39 is 0 Å². The van der Waals surface area contributed by atoms with Gasteiger partial charge in [0.1, 0.15) is 0 Å². The van der Waals surface area contributed by atoms with Crippen molar-refractivity contribution in [3.8, 4) is 0 Å². The molecule has 0 radical (unpaired) electrons. The van der Waals surface area contributed by atoms with Gasteiger partial charge in [0.15, 0.2) is 5.78 Å². The first-order valence-electron chi connectivity index (χ1n) is 4.13. The van der Waals surface area contributed by atoms with Crippen LogP contribution in [0.3, 0.4) is 0 Å². The lowest BCUT2D eigenvalue weighted by Gasteiger charge is -2.28. The molecule has 3 heteroatoms. The summed E-state index contributed by atoms with van der Waals surface area (Å²) in [5.41, 5.74) is 0.866. The van der Waals surface area contributed by atoms with Gasteiger partial charge >= 0.3 is 0 Å². The summed E-state index contributed by atoms with van der Waals surface area (Å²) < 4.78 is 0. The number of Topliss-reactive ketones (excluding diaryl/α,β-unsaturated/α-hetero) is 1. The number of ketones is 1. The van der Waals surface area contributed by atoms with Crippen LogP contribution in [0.1, 0.15) is 13.3 Å². The molecule has 1 unspecified atom stereocenters. The van der Waals surface area contributed by atoms with E-state index in [1.807, 2.05) is 13.1 Å². The zero-order valence-corrected chi connectivity index (χ0v) is 8.27. The highest BCUT2D eigenvalue weighted by Gasteiger charge is 2.18. The molecule has 0 N–H and O–H groups in total. The first kappa shape index (κ1) is 9.75. The first-order chi connectivity index (χ1) is 5.65. The van der Waals surface area contributed by atoms with Crippen molar-refractivity contribution in [2.24, 2.45) is 0 Å². The maximum absolute atomic E-state index is 11.2. The molecule has 68 valence electrons. The Hall–Kier alpha value is -0.340. The molecule has 0 amide bonds. The molecule has 0 spiro atoms.